The van der Waals surface area contributed by atoms with Gasteiger partial charge in [-0.15, -0.1) is 0 Å². The number of ether oxygens (including phenoxy) is 3. The minimum atomic E-state index is -4.02. The highest BCUT2D eigenvalue weighted by Crippen LogP contribution is 2.40. The van der Waals surface area contributed by atoms with Gasteiger partial charge in [-0.3, -0.25) is 24.7 Å². The molecule has 1 aliphatic rings. The molecule has 1 aliphatic heterocycles. The van der Waals surface area contributed by atoms with Crippen molar-refractivity contribution < 1.29 is 32.2 Å². The van der Waals surface area contributed by atoms with Crippen molar-refractivity contribution in [2.24, 2.45) is 0 Å². The third-order valence-corrected chi connectivity index (χ3v) is 7.90. The standard InChI is InChI=1S/C28H29N3O7S/c1-19-8-4-7-11-23(19)38-18-27(33)30-29-26(32)13-12-20-16-24(36-2)28(37-3)25(17-20)39(34,35)31-15-14-21-9-5-6-10-22(21)31/h4-13,16-17H,14-15,18H2,1-3H3,(H,29,32)(H,30,33). The molecule has 2 amide bonds. The molecular formula is C28H29N3O7S. The molecule has 0 aromatic heterocycles. The van der Waals surface area contributed by atoms with Gasteiger partial charge in [0.1, 0.15) is 10.6 Å². The number of hydrogen-bond acceptors (Lipinski definition) is 7. The molecule has 0 fully saturated rings. The fourth-order valence-electron chi connectivity index (χ4n) is 4.16. The number of hydrazine groups is 1. The summed E-state index contributed by atoms with van der Waals surface area (Å²) in [5, 5.41) is 0. The molecule has 204 valence electrons. The minimum absolute atomic E-state index is 0.0596. The van der Waals surface area contributed by atoms with E-state index in [-0.39, 0.29) is 23.0 Å². The first-order valence-corrected chi connectivity index (χ1v) is 13.5. The molecule has 4 rings (SSSR count). The number of aryl methyl sites for hydroxylation is 1. The zero-order valence-corrected chi connectivity index (χ0v) is 22.6. The molecule has 0 aliphatic carbocycles. The van der Waals surface area contributed by atoms with Crippen molar-refractivity contribution in [3.8, 4) is 17.2 Å². The quantitative estimate of drug-likeness (QED) is 0.310. The molecule has 1 heterocycles. The van der Waals surface area contributed by atoms with Crippen molar-refractivity contribution >= 4 is 33.6 Å². The maximum atomic E-state index is 13.7. The lowest BCUT2D eigenvalue weighted by Crippen LogP contribution is -2.43. The van der Waals surface area contributed by atoms with E-state index >= 15 is 0 Å². The van der Waals surface area contributed by atoms with Crippen molar-refractivity contribution in [2.75, 3.05) is 31.7 Å². The largest absolute Gasteiger partial charge is 0.493 e. The van der Waals surface area contributed by atoms with Crippen LogP contribution in [0.3, 0.4) is 0 Å². The van der Waals surface area contributed by atoms with E-state index in [9.17, 15) is 18.0 Å². The molecule has 0 saturated heterocycles. The van der Waals surface area contributed by atoms with Crippen LogP contribution in [0.1, 0.15) is 16.7 Å². The average molecular weight is 552 g/mol. The van der Waals surface area contributed by atoms with Gasteiger partial charge in [-0.05, 0) is 60.4 Å². The number of carbonyl (C=O) groups is 2. The lowest BCUT2D eigenvalue weighted by atomic mass is 10.2. The van der Waals surface area contributed by atoms with Crippen LogP contribution < -0.4 is 29.4 Å². The molecule has 10 nitrogen and oxygen atoms in total. The van der Waals surface area contributed by atoms with E-state index in [2.05, 4.69) is 10.9 Å². The number of fused-ring (bicyclic) bond motifs is 1. The normalized spacial score (nSPS) is 12.6. The number of sulfonamides is 1. The minimum Gasteiger partial charge on any atom is -0.493 e. The van der Waals surface area contributed by atoms with Gasteiger partial charge < -0.3 is 14.2 Å². The van der Waals surface area contributed by atoms with Crippen LogP contribution in [-0.4, -0.2) is 47.6 Å². The molecule has 0 radical (unpaired) electrons. The highest BCUT2D eigenvalue weighted by Gasteiger charge is 2.34. The number of amides is 2. The molecule has 2 N–H and O–H groups in total. The first-order valence-electron chi connectivity index (χ1n) is 12.1. The highest BCUT2D eigenvalue weighted by atomic mass is 32.2. The van der Waals surface area contributed by atoms with Gasteiger partial charge in [0.15, 0.2) is 18.1 Å². The van der Waals surface area contributed by atoms with Crippen LogP contribution in [0.25, 0.3) is 6.08 Å². The Kier molecular flexibility index (Phi) is 8.40. The average Bonchev–Trinajstić information content (AvgIpc) is 3.39. The van der Waals surface area contributed by atoms with E-state index in [1.165, 1.54) is 30.7 Å². The van der Waals surface area contributed by atoms with Crippen molar-refractivity contribution in [3.05, 3.63) is 83.4 Å². The van der Waals surface area contributed by atoms with Crippen LogP contribution in [-0.2, 0) is 26.0 Å². The second-order valence-electron chi connectivity index (χ2n) is 8.64. The Labute approximate surface area is 227 Å². The summed E-state index contributed by atoms with van der Waals surface area (Å²) >= 11 is 0. The number of methoxy groups -OCH3 is 2. The Morgan fingerprint density at radius 2 is 1.72 bits per heavy atom. The maximum absolute atomic E-state index is 13.7. The van der Waals surface area contributed by atoms with Gasteiger partial charge in [0.25, 0.3) is 21.8 Å². The molecule has 0 spiro atoms. The monoisotopic (exact) mass is 551 g/mol. The molecule has 39 heavy (non-hydrogen) atoms. The van der Waals surface area contributed by atoms with Crippen LogP contribution in [0.2, 0.25) is 0 Å². The number of para-hydroxylation sites is 2. The Balaban J connectivity index is 1.48. The summed E-state index contributed by atoms with van der Waals surface area (Å²) in [7, 11) is -1.26. The predicted octanol–water partition coefficient (Wildman–Crippen LogP) is 3.00. The predicted molar refractivity (Wildman–Crippen MR) is 146 cm³/mol. The van der Waals surface area contributed by atoms with Crippen molar-refractivity contribution in [3.63, 3.8) is 0 Å². The lowest BCUT2D eigenvalue weighted by Gasteiger charge is -2.22. The van der Waals surface area contributed by atoms with Gasteiger partial charge in [0, 0.05) is 12.6 Å². The van der Waals surface area contributed by atoms with Crippen LogP contribution in [0, 0.1) is 6.92 Å². The number of nitrogens with zero attached hydrogens (tertiary/aromatic N) is 1. The lowest BCUT2D eigenvalue weighted by molar-refractivity contribution is -0.128. The third kappa shape index (κ3) is 6.15. The Bertz CT molecular complexity index is 1520. The summed E-state index contributed by atoms with van der Waals surface area (Å²) in [5.41, 5.74) is 7.34. The number of anilines is 1. The van der Waals surface area contributed by atoms with Gasteiger partial charge >= 0.3 is 0 Å². The van der Waals surface area contributed by atoms with E-state index < -0.39 is 21.8 Å². The summed E-state index contributed by atoms with van der Waals surface area (Å²) in [6, 6.07) is 17.5. The van der Waals surface area contributed by atoms with E-state index in [4.69, 9.17) is 14.2 Å². The molecule has 0 atom stereocenters. The van der Waals surface area contributed by atoms with Crippen molar-refractivity contribution in [1.29, 1.82) is 0 Å². The number of carbonyl (C=O) groups excluding carboxylic acids is 2. The van der Waals surface area contributed by atoms with Gasteiger partial charge in [-0.2, -0.15) is 0 Å². The fraction of sp³-hybridized carbons (Fsp3) is 0.214. The van der Waals surface area contributed by atoms with E-state index in [1.54, 1.807) is 30.3 Å². The molecule has 0 bridgehead atoms. The number of nitrogens with one attached hydrogen (secondary N) is 2. The van der Waals surface area contributed by atoms with Gasteiger partial charge in [0.2, 0.25) is 0 Å². The van der Waals surface area contributed by atoms with Crippen LogP contribution in [0.5, 0.6) is 17.2 Å². The fourth-order valence-corrected chi connectivity index (χ4v) is 5.87. The molecule has 3 aromatic carbocycles. The maximum Gasteiger partial charge on any atom is 0.276 e. The van der Waals surface area contributed by atoms with Gasteiger partial charge in [-0.25, -0.2) is 8.42 Å². The number of rotatable bonds is 9. The van der Waals surface area contributed by atoms with Crippen LogP contribution >= 0.6 is 0 Å². The second-order valence-corrected chi connectivity index (χ2v) is 10.5. The smallest absolute Gasteiger partial charge is 0.276 e. The topological polar surface area (TPSA) is 123 Å². The van der Waals surface area contributed by atoms with Gasteiger partial charge in [0.05, 0.1) is 19.9 Å². The number of hydrogen-bond donors (Lipinski definition) is 2. The summed E-state index contributed by atoms with van der Waals surface area (Å²) in [4.78, 5) is 24.3. The SMILES string of the molecule is COc1cc(C=CC(=O)NNC(=O)COc2ccccc2C)cc(S(=O)(=O)N2CCc3ccccc32)c1OC. The summed E-state index contributed by atoms with van der Waals surface area (Å²) in [5.74, 6) is -0.370. The van der Waals surface area contributed by atoms with Crippen LogP contribution in [0.4, 0.5) is 5.69 Å². The van der Waals surface area contributed by atoms with Crippen LogP contribution in [0.15, 0.2) is 71.6 Å². The molecular weight excluding hydrogens is 522 g/mol. The van der Waals surface area contributed by atoms with E-state index in [0.717, 1.165) is 17.2 Å². The van der Waals surface area contributed by atoms with E-state index in [0.29, 0.717) is 30.0 Å². The first kappa shape index (κ1) is 27.5. The van der Waals surface area contributed by atoms with E-state index in [1.807, 2.05) is 31.2 Å². The molecule has 0 saturated carbocycles. The highest BCUT2D eigenvalue weighted by molar-refractivity contribution is 7.93. The summed E-state index contributed by atoms with van der Waals surface area (Å²) in [6.45, 7) is 1.86. The zero-order valence-electron chi connectivity index (χ0n) is 21.8. The molecule has 11 heteroatoms. The Morgan fingerprint density at radius 1 is 0.974 bits per heavy atom. The third-order valence-electron chi connectivity index (χ3n) is 6.08. The summed E-state index contributed by atoms with van der Waals surface area (Å²) in [6.07, 6.45) is 3.16. The summed E-state index contributed by atoms with van der Waals surface area (Å²) < 4.78 is 45.0. The van der Waals surface area contributed by atoms with Crippen molar-refractivity contribution in [1.82, 2.24) is 10.9 Å². The van der Waals surface area contributed by atoms with Gasteiger partial charge in [-0.1, -0.05) is 36.4 Å². The molecule has 0 unspecified atom stereocenters. The zero-order chi connectivity index (χ0) is 28.0. The Morgan fingerprint density at radius 3 is 2.46 bits per heavy atom. The van der Waals surface area contributed by atoms with Crippen molar-refractivity contribution in [2.45, 2.75) is 18.2 Å². The number of benzene rings is 3. The molecule has 3 aromatic rings. The first-order chi connectivity index (χ1) is 18.7. The Hall–Kier alpha value is -4.51. The second kappa shape index (κ2) is 11.9.